The quantitative estimate of drug-likeness (QED) is 0.703. The van der Waals surface area contributed by atoms with Crippen LogP contribution in [0.4, 0.5) is 4.39 Å². The lowest BCUT2D eigenvalue weighted by molar-refractivity contribution is -0.127. The summed E-state index contributed by atoms with van der Waals surface area (Å²) in [6.45, 7) is 7.95. The summed E-state index contributed by atoms with van der Waals surface area (Å²) in [6.07, 6.45) is 0.312. The second-order valence-corrected chi connectivity index (χ2v) is 3.15. The highest BCUT2D eigenvalue weighted by Crippen LogP contribution is 2.00. The third kappa shape index (κ3) is 12.9. The van der Waals surface area contributed by atoms with E-state index >= 15 is 0 Å². The van der Waals surface area contributed by atoms with Crippen LogP contribution in [0.3, 0.4) is 0 Å². The normalized spacial score (nSPS) is 9.73. The van der Waals surface area contributed by atoms with Gasteiger partial charge in [-0.25, -0.2) is 4.39 Å². The summed E-state index contributed by atoms with van der Waals surface area (Å²) < 4.78 is 12.8. The second-order valence-electron chi connectivity index (χ2n) is 3.15. The van der Waals surface area contributed by atoms with E-state index < -0.39 is 11.7 Å². The molecule has 2 N–H and O–H groups in total. The first-order valence-corrected chi connectivity index (χ1v) is 5.11. The topological polar surface area (TPSA) is 58.2 Å². The Hall–Kier alpha value is -1.13. The largest absolute Gasteiger partial charge is 0.347 e. The highest BCUT2D eigenvalue weighted by molar-refractivity contribution is 5.84. The molecule has 15 heavy (non-hydrogen) atoms. The molecule has 0 fully saturated rings. The van der Waals surface area contributed by atoms with Gasteiger partial charge in [-0.05, 0) is 13.8 Å². The highest BCUT2D eigenvalue weighted by atomic mass is 19.1. The summed E-state index contributed by atoms with van der Waals surface area (Å²) in [7, 11) is 0. The standard InChI is InChI=1S/C8H15FN2O2.C2H6/c1-4-6(12)10-5-7(13)11-8(2,3)9;1-2/h4-5H2,1-3H3,(H,10,12)(H,11,13);1-2H3. The fourth-order valence-corrected chi connectivity index (χ4v) is 0.680. The van der Waals surface area contributed by atoms with Crippen LogP contribution >= 0.6 is 0 Å². The van der Waals surface area contributed by atoms with Crippen molar-refractivity contribution in [2.45, 2.75) is 46.8 Å². The van der Waals surface area contributed by atoms with Crippen LogP contribution in [-0.2, 0) is 9.59 Å². The molecule has 0 aromatic rings. The first-order valence-electron chi connectivity index (χ1n) is 5.11. The summed E-state index contributed by atoms with van der Waals surface area (Å²) in [5.41, 5.74) is 0. The van der Waals surface area contributed by atoms with Crippen molar-refractivity contribution in [3.05, 3.63) is 0 Å². The minimum absolute atomic E-state index is 0.181. The number of carbonyl (C=O) groups is 2. The Labute approximate surface area is 90.6 Å². The molecule has 0 spiro atoms. The van der Waals surface area contributed by atoms with Crippen LogP contribution in [0.1, 0.15) is 41.0 Å². The van der Waals surface area contributed by atoms with Gasteiger partial charge in [0.15, 0.2) is 5.79 Å². The van der Waals surface area contributed by atoms with E-state index in [1.165, 1.54) is 13.8 Å². The van der Waals surface area contributed by atoms with Crippen molar-refractivity contribution < 1.29 is 14.0 Å². The van der Waals surface area contributed by atoms with Gasteiger partial charge in [-0.1, -0.05) is 20.8 Å². The van der Waals surface area contributed by atoms with Gasteiger partial charge < -0.3 is 10.6 Å². The van der Waals surface area contributed by atoms with E-state index in [4.69, 9.17) is 0 Å². The Balaban J connectivity index is 0. The predicted octanol–water partition coefficient (Wildman–Crippen LogP) is 1.36. The van der Waals surface area contributed by atoms with Gasteiger partial charge in [0.25, 0.3) is 0 Å². The lowest BCUT2D eigenvalue weighted by Gasteiger charge is -2.16. The van der Waals surface area contributed by atoms with E-state index in [0.717, 1.165) is 0 Å². The number of halogens is 1. The zero-order chi connectivity index (χ0) is 12.5. The molecule has 2 amide bonds. The molecule has 0 aliphatic rings. The van der Waals surface area contributed by atoms with Crippen molar-refractivity contribution in [1.29, 1.82) is 0 Å². The molecule has 0 aliphatic carbocycles. The van der Waals surface area contributed by atoms with E-state index in [-0.39, 0.29) is 12.5 Å². The molecule has 0 radical (unpaired) electrons. The summed E-state index contributed by atoms with van der Waals surface area (Å²) in [5.74, 6) is -2.50. The van der Waals surface area contributed by atoms with Gasteiger partial charge >= 0.3 is 0 Å². The Morgan fingerprint density at radius 3 is 2.00 bits per heavy atom. The molecule has 0 saturated carbocycles. The fourth-order valence-electron chi connectivity index (χ4n) is 0.680. The van der Waals surface area contributed by atoms with Crippen molar-refractivity contribution in [2.75, 3.05) is 6.54 Å². The Morgan fingerprint density at radius 1 is 1.20 bits per heavy atom. The highest BCUT2D eigenvalue weighted by Gasteiger charge is 2.17. The molecule has 0 heterocycles. The maximum absolute atomic E-state index is 12.8. The molecule has 0 aliphatic heterocycles. The van der Waals surface area contributed by atoms with Crippen LogP contribution in [0, 0.1) is 0 Å². The molecule has 0 atom stereocenters. The average molecular weight is 220 g/mol. The Kier molecular flexibility index (Phi) is 8.91. The molecule has 0 unspecified atom stereocenters. The van der Waals surface area contributed by atoms with Crippen LogP contribution in [0.5, 0.6) is 0 Å². The molecule has 0 saturated heterocycles. The number of rotatable bonds is 4. The van der Waals surface area contributed by atoms with Gasteiger partial charge in [0.1, 0.15) is 0 Å². The van der Waals surface area contributed by atoms with Gasteiger partial charge in [-0.15, -0.1) is 0 Å². The van der Waals surface area contributed by atoms with E-state index in [1.807, 2.05) is 13.8 Å². The zero-order valence-electron chi connectivity index (χ0n) is 10.1. The third-order valence-electron chi connectivity index (χ3n) is 1.20. The SMILES string of the molecule is CC.CCC(=O)NCC(=O)NC(C)(C)F. The predicted molar refractivity (Wildman–Crippen MR) is 58.0 cm³/mol. The van der Waals surface area contributed by atoms with Gasteiger partial charge in [0.2, 0.25) is 11.8 Å². The molecule has 0 bridgehead atoms. The van der Waals surface area contributed by atoms with Crippen LogP contribution in [-0.4, -0.2) is 24.2 Å². The van der Waals surface area contributed by atoms with Gasteiger partial charge in [-0.3, -0.25) is 9.59 Å². The molecular formula is C10H21FN2O2. The van der Waals surface area contributed by atoms with Crippen LogP contribution < -0.4 is 10.6 Å². The lowest BCUT2D eigenvalue weighted by Crippen LogP contribution is -2.45. The number of amides is 2. The third-order valence-corrected chi connectivity index (χ3v) is 1.20. The van der Waals surface area contributed by atoms with Gasteiger partial charge in [0.05, 0.1) is 6.54 Å². The van der Waals surface area contributed by atoms with Crippen molar-refractivity contribution in [3.63, 3.8) is 0 Å². The molecule has 0 aromatic carbocycles. The van der Waals surface area contributed by atoms with E-state index in [0.29, 0.717) is 6.42 Å². The number of carbonyl (C=O) groups excluding carboxylic acids is 2. The Morgan fingerprint density at radius 2 is 1.67 bits per heavy atom. The summed E-state index contributed by atoms with van der Waals surface area (Å²) in [5, 5.41) is 4.42. The van der Waals surface area contributed by atoms with E-state index in [1.54, 1.807) is 6.92 Å². The first kappa shape index (κ1) is 16.3. The smallest absolute Gasteiger partial charge is 0.241 e. The second kappa shape index (κ2) is 8.20. The summed E-state index contributed by atoms with van der Waals surface area (Å²) in [4.78, 5) is 21.6. The van der Waals surface area contributed by atoms with E-state index in [9.17, 15) is 14.0 Å². The summed E-state index contributed by atoms with van der Waals surface area (Å²) >= 11 is 0. The van der Waals surface area contributed by atoms with Crippen molar-refractivity contribution >= 4 is 11.8 Å². The van der Waals surface area contributed by atoms with Crippen LogP contribution in [0.15, 0.2) is 0 Å². The maximum atomic E-state index is 12.8. The minimum atomic E-state index is -1.74. The van der Waals surface area contributed by atoms with Gasteiger partial charge in [-0.2, -0.15) is 0 Å². The van der Waals surface area contributed by atoms with Crippen molar-refractivity contribution in [2.24, 2.45) is 0 Å². The average Bonchev–Trinajstić information content (AvgIpc) is 2.14. The fraction of sp³-hybridized carbons (Fsp3) is 0.800. The Bertz CT molecular complexity index is 200. The molecular weight excluding hydrogens is 199 g/mol. The molecule has 0 aromatic heterocycles. The number of hydrogen-bond acceptors (Lipinski definition) is 2. The monoisotopic (exact) mass is 220 g/mol. The van der Waals surface area contributed by atoms with Crippen LogP contribution in [0.2, 0.25) is 0 Å². The number of nitrogens with one attached hydrogen (secondary N) is 2. The van der Waals surface area contributed by atoms with Crippen molar-refractivity contribution in [1.82, 2.24) is 10.6 Å². The first-order chi connectivity index (χ1) is 6.85. The molecule has 5 heteroatoms. The lowest BCUT2D eigenvalue weighted by atomic mass is 10.3. The van der Waals surface area contributed by atoms with Crippen molar-refractivity contribution in [3.8, 4) is 0 Å². The minimum Gasteiger partial charge on any atom is -0.347 e. The van der Waals surface area contributed by atoms with E-state index in [2.05, 4.69) is 10.6 Å². The van der Waals surface area contributed by atoms with Crippen LogP contribution in [0.25, 0.3) is 0 Å². The molecule has 90 valence electrons. The van der Waals surface area contributed by atoms with Gasteiger partial charge in [0, 0.05) is 6.42 Å². The number of alkyl halides is 1. The zero-order valence-corrected chi connectivity index (χ0v) is 10.1. The molecule has 4 nitrogen and oxygen atoms in total. The number of hydrogen-bond donors (Lipinski definition) is 2. The maximum Gasteiger partial charge on any atom is 0.241 e. The molecule has 0 rings (SSSR count). The summed E-state index contributed by atoms with van der Waals surface area (Å²) in [6, 6.07) is 0.